The van der Waals surface area contributed by atoms with E-state index in [0.717, 1.165) is 0 Å². The molecule has 0 aromatic rings. The predicted molar refractivity (Wildman–Crippen MR) is 42.7 cm³/mol. The number of rotatable bonds is 3. The molecule has 4 heteroatoms. The van der Waals surface area contributed by atoms with Crippen LogP contribution in [-0.2, 0) is 14.2 Å². The highest BCUT2D eigenvalue weighted by atomic mass is 16.7. The van der Waals surface area contributed by atoms with Crippen molar-refractivity contribution in [2.45, 2.75) is 18.5 Å². The molecule has 4 nitrogen and oxygen atoms in total. The summed E-state index contributed by atoms with van der Waals surface area (Å²) < 4.78 is 15.4. The highest BCUT2D eigenvalue weighted by Crippen LogP contribution is 2.15. The van der Waals surface area contributed by atoms with E-state index in [1.165, 1.54) is 0 Å². The molecule has 0 spiro atoms. The molecule has 1 aliphatic rings. The van der Waals surface area contributed by atoms with E-state index in [2.05, 4.69) is 0 Å². The van der Waals surface area contributed by atoms with Gasteiger partial charge in [0.15, 0.2) is 6.29 Å². The van der Waals surface area contributed by atoms with E-state index in [1.54, 1.807) is 20.3 Å². The molecular formula is C8H14O4. The van der Waals surface area contributed by atoms with Gasteiger partial charge in [0.25, 0.3) is 0 Å². The third-order valence-corrected chi connectivity index (χ3v) is 1.78. The summed E-state index contributed by atoms with van der Waals surface area (Å²) in [6.07, 6.45) is 2.72. The van der Waals surface area contributed by atoms with E-state index >= 15 is 0 Å². The van der Waals surface area contributed by atoms with Gasteiger partial charge >= 0.3 is 0 Å². The van der Waals surface area contributed by atoms with Crippen molar-refractivity contribution in [1.29, 1.82) is 0 Å². The first kappa shape index (κ1) is 9.67. The largest absolute Gasteiger partial charge is 0.393 e. The Bertz CT molecular complexity index is 157. The third kappa shape index (κ3) is 2.04. The van der Waals surface area contributed by atoms with Gasteiger partial charge in [0.05, 0.1) is 6.61 Å². The summed E-state index contributed by atoms with van der Waals surface area (Å²) in [6.45, 7) is -0.0349. The maximum atomic E-state index is 8.79. The summed E-state index contributed by atoms with van der Waals surface area (Å²) in [5.41, 5.74) is 0. The fourth-order valence-corrected chi connectivity index (χ4v) is 1.10. The summed E-state index contributed by atoms with van der Waals surface area (Å²) in [4.78, 5) is 0. The van der Waals surface area contributed by atoms with Gasteiger partial charge in [0.2, 0.25) is 0 Å². The van der Waals surface area contributed by atoms with E-state index in [1.807, 2.05) is 6.08 Å². The highest BCUT2D eigenvalue weighted by molar-refractivity contribution is 5.00. The fourth-order valence-electron chi connectivity index (χ4n) is 1.10. The summed E-state index contributed by atoms with van der Waals surface area (Å²) >= 11 is 0. The van der Waals surface area contributed by atoms with Crippen molar-refractivity contribution in [2.24, 2.45) is 0 Å². The second-order valence-corrected chi connectivity index (χ2v) is 2.55. The van der Waals surface area contributed by atoms with Crippen molar-refractivity contribution in [1.82, 2.24) is 0 Å². The molecule has 0 bridgehead atoms. The zero-order valence-electron chi connectivity index (χ0n) is 7.27. The smallest absolute Gasteiger partial charge is 0.187 e. The van der Waals surface area contributed by atoms with Crippen LogP contribution in [0.3, 0.4) is 0 Å². The maximum absolute atomic E-state index is 8.79. The monoisotopic (exact) mass is 174 g/mol. The van der Waals surface area contributed by atoms with Crippen LogP contribution in [0.15, 0.2) is 12.2 Å². The third-order valence-electron chi connectivity index (χ3n) is 1.78. The Morgan fingerprint density at radius 1 is 1.33 bits per heavy atom. The molecule has 0 fully saturated rings. The van der Waals surface area contributed by atoms with Gasteiger partial charge in [-0.2, -0.15) is 0 Å². The quantitative estimate of drug-likeness (QED) is 0.608. The molecule has 1 rings (SSSR count). The molecule has 0 saturated carbocycles. The van der Waals surface area contributed by atoms with Gasteiger partial charge in [0, 0.05) is 14.2 Å². The lowest BCUT2D eigenvalue weighted by Gasteiger charge is -2.29. The Morgan fingerprint density at radius 2 is 2.08 bits per heavy atom. The second-order valence-electron chi connectivity index (χ2n) is 2.55. The fraction of sp³-hybridized carbons (Fsp3) is 0.750. The van der Waals surface area contributed by atoms with Crippen LogP contribution in [0.5, 0.6) is 0 Å². The molecule has 0 saturated heterocycles. The molecule has 1 aliphatic heterocycles. The van der Waals surface area contributed by atoms with Gasteiger partial charge in [-0.3, -0.25) is 0 Å². The molecule has 0 unspecified atom stereocenters. The maximum Gasteiger partial charge on any atom is 0.187 e. The number of hydrogen-bond acceptors (Lipinski definition) is 4. The molecule has 0 radical (unpaired) electrons. The van der Waals surface area contributed by atoms with Crippen LogP contribution in [0, 0.1) is 0 Å². The number of aliphatic hydroxyl groups excluding tert-OH is 1. The van der Waals surface area contributed by atoms with Gasteiger partial charge < -0.3 is 19.3 Å². The van der Waals surface area contributed by atoms with Crippen molar-refractivity contribution in [3.8, 4) is 0 Å². The summed E-state index contributed by atoms with van der Waals surface area (Å²) in [5.74, 6) is 0. The van der Waals surface area contributed by atoms with Crippen LogP contribution in [-0.4, -0.2) is 44.4 Å². The van der Waals surface area contributed by atoms with Crippen LogP contribution < -0.4 is 0 Å². The Balaban J connectivity index is 2.56. The molecule has 0 aromatic heterocycles. The van der Waals surface area contributed by atoms with E-state index in [0.29, 0.717) is 0 Å². The van der Waals surface area contributed by atoms with Gasteiger partial charge in [-0.05, 0) is 0 Å². The Kier molecular flexibility index (Phi) is 3.68. The van der Waals surface area contributed by atoms with Gasteiger partial charge in [-0.1, -0.05) is 12.2 Å². The van der Waals surface area contributed by atoms with Crippen molar-refractivity contribution < 1.29 is 19.3 Å². The lowest BCUT2D eigenvalue weighted by atomic mass is 10.2. The van der Waals surface area contributed by atoms with E-state index in [4.69, 9.17) is 19.3 Å². The van der Waals surface area contributed by atoms with E-state index < -0.39 is 6.29 Å². The van der Waals surface area contributed by atoms with Gasteiger partial charge in [-0.15, -0.1) is 0 Å². The molecule has 1 N–H and O–H groups in total. The van der Waals surface area contributed by atoms with Crippen molar-refractivity contribution >= 4 is 0 Å². The normalized spacial score (nSPS) is 35.4. The first-order valence-corrected chi connectivity index (χ1v) is 3.82. The van der Waals surface area contributed by atoms with Crippen molar-refractivity contribution in [3.05, 3.63) is 12.2 Å². The zero-order valence-corrected chi connectivity index (χ0v) is 7.27. The second kappa shape index (κ2) is 4.57. The van der Waals surface area contributed by atoms with E-state index in [-0.39, 0.29) is 18.8 Å². The molecule has 0 aromatic carbocycles. The topological polar surface area (TPSA) is 47.9 Å². The molecule has 70 valence electrons. The first-order valence-electron chi connectivity index (χ1n) is 3.82. The SMILES string of the molecule is CO[C@@H]1O[C@H](CO)C=C[C@@H]1OC. The average molecular weight is 174 g/mol. The molecule has 0 aliphatic carbocycles. The Morgan fingerprint density at radius 3 is 2.58 bits per heavy atom. The summed E-state index contributed by atoms with van der Waals surface area (Å²) in [5, 5.41) is 8.79. The zero-order chi connectivity index (χ0) is 8.97. The molecule has 3 atom stereocenters. The molecule has 1 heterocycles. The number of ether oxygens (including phenoxy) is 3. The van der Waals surface area contributed by atoms with Crippen LogP contribution >= 0.6 is 0 Å². The van der Waals surface area contributed by atoms with Crippen LogP contribution in [0.2, 0.25) is 0 Å². The highest BCUT2D eigenvalue weighted by Gasteiger charge is 2.26. The number of hydrogen-bond donors (Lipinski definition) is 1. The van der Waals surface area contributed by atoms with Crippen LogP contribution in [0.25, 0.3) is 0 Å². The molecular weight excluding hydrogens is 160 g/mol. The predicted octanol–water partition coefficient (Wildman–Crippen LogP) is -0.0788. The van der Waals surface area contributed by atoms with Crippen LogP contribution in [0.4, 0.5) is 0 Å². The minimum Gasteiger partial charge on any atom is -0.393 e. The minimum atomic E-state index is -0.419. The first-order chi connectivity index (χ1) is 5.81. The number of methoxy groups -OCH3 is 2. The van der Waals surface area contributed by atoms with Crippen molar-refractivity contribution in [2.75, 3.05) is 20.8 Å². The minimum absolute atomic E-state index is 0.0349. The Hall–Kier alpha value is -0.420. The molecule has 0 amide bonds. The van der Waals surface area contributed by atoms with Gasteiger partial charge in [-0.25, -0.2) is 0 Å². The van der Waals surface area contributed by atoms with E-state index in [9.17, 15) is 0 Å². The average Bonchev–Trinajstić information content (AvgIpc) is 2.16. The van der Waals surface area contributed by atoms with Crippen LogP contribution in [0.1, 0.15) is 0 Å². The Labute approximate surface area is 71.7 Å². The standard InChI is InChI=1S/C8H14O4/c1-10-7-4-3-6(5-9)12-8(7)11-2/h3-4,6-9H,5H2,1-2H3/t6-,7-,8+/m0/s1. The lowest BCUT2D eigenvalue weighted by Crippen LogP contribution is -2.38. The summed E-state index contributed by atoms with van der Waals surface area (Å²) in [7, 11) is 3.13. The number of aliphatic hydroxyl groups is 1. The molecule has 12 heavy (non-hydrogen) atoms. The summed E-state index contributed by atoms with van der Waals surface area (Å²) in [6, 6.07) is 0. The van der Waals surface area contributed by atoms with Gasteiger partial charge in [0.1, 0.15) is 12.2 Å². The lowest BCUT2D eigenvalue weighted by molar-refractivity contribution is -0.201. The van der Waals surface area contributed by atoms with Crippen molar-refractivity contribution in [3.63, 3.8) is 0 Å².